The van der Waals surface area contributed by atoms with Crippen molar-refractivity contribution in [3.05, 3.63) is 46.6 Å². The van der Waals surface area contributed by atoms with Gasteiger partial charge in [-0.2, -0.15) is 0 Å². The maximum absolute atomic E-state index is 8.92. The molecule has 0 aliphatic heterocycles. The van der Waals surface area contributed by atoms with Crippen molar-refractivity contribution in [3.8, 4) is 17.4 Å². The van der Waals surface area contributed by atoms with Crippen LogP contribution in [0.3, 0.4) is 0 Å². The van der Waals surface area contributed by atoms with Crippen molar-refractivity contribution < 1.29 is 14.6 Å². The summed E-state index contributed by atoms with van der Waals surface area (Å²) in [6, 6.07) is 8.89. The number of aliphatic hydroxyl groups excluding tert-OH is 1. The van der Waals surface area contributed by atoms with E-state index in [1.807, 2.05) is 12.1 Å². The zero-order valence-corrected chi connectivity index (χ0v) is 11.3. The van der Waals surface area contributed by atoms with E-state index in [1.165, 1.54) is 0 Å². The van der Waals surface area contributed by atoms with Gasteiger partial charge in [0.15, 0.2) is 0 Å². The predicted molar refractivity (Wildman–Crippen MR) is 70.9 cm³/mol. The van der Waals surface area contributed by atoms with Gasteiger partial charge in [0.25, 0.3) is 0 Å². The Morgan fingerprint density at radius 2 is 2.11 bits per heavy atom. The summed E-state index contributed by atoms with van der Waals surface area (Å²) in [5.41, 5.74) is 0.746. The van der Waals surface area contributed by atoms with Gasteiger partial charge < -0.3 is 14.6 Å². The second kappa shape index (κ2) is 5.84. The normalized spacial score (nSPS) is 10.2. The van der Waals surface area contributed by atoms with Gasteiger partial charge in [0, 0.05) is 12.3 Å². The number of hydrogen-bond donors (Lipinski definition) is 1. The molecule has 0 bridgehead atoms. The Bertz CT molecular complexity index is 528. The first-order chi connectivity index (χ1) is 8.72. The number of pyridine rings is 1. The summed E-state index contributed by atoms with van der Waals surface area (Å²) in [6.07, 6.45) is 1.58. The molecule has 0 saturated heterocycles. The van der Waals surface area contributed by atoms with Gasteiger partial charge in [0.1, 0.15) is 11.5 Å². The standard InChI is InChI=1S/C13H12BrNO3/c1-17-10-3-4-12(11(14)6-10)18-13-5-2-9(8-16)7-15-13/h2-7,16H,8H2,1H3. The van der Waals surface area contributed by atoms with E-state index in [2.05, 4.69) is 20.9 Å². The van der Waals surface area contributed by atoms with Gasteiger partial charge in [0.2, 0.25) is 5.88 Å². The van der Waals surface area contributed by atoms with Crippen LogP contribution in [0.4, 0.5) is 0 Å². The van der Waals surface area contributed by atoms with Gasteiger partial charge >= 0.3 is 0 Å². The number of halogens is 1. The van der Waals surface area contributed by atoms with Crippen molar-refractivity contribution in [1.29, 1.82) is 0 Å². The first-order valence-corrected chi connectivity index (χ1v) is 6.09. The number of rotatable bonds is 4. The maximum atomic E-state index is 8.92. The molecule has 4 nitrogen and oxygen atoms in total. The molecule has 0 aliphatic rings. The third kappa shape index (κ3) is 3.00. The highest BCUT2D eigenvalue weighted by atomic mass is 79.9. The molecule has 0 amide bonds. The summed E-state index contributed by atoms with van der Waals surface area (Å²) in [4.78, 5) is 4.09. The van der Waals surface area contributed by atoms with Crippen LogP contribution in [0.5, 0.6) is 17.4 Å². The third-order valence-corrected chi connectivity index (χ3v) is 2.95. The Morgan fingerprint density at radius 3 is 2.67 bits per heavy atom. The Balaban J connectivity index is 2.17. The lowest BCUT2D eigenvalue weighted by molar-refractivity contribution is 0.281. The molecule has 0 aliphatic carbocycles. The molecule has 0 unspecified atom stereocenters. The molecule has 0 spiro atoms. The minimum absolute atomic E-state index is 0.0283. The zero-order chi connectivity index (χ0) is 13.0. The average Bonchev–Trinajstić information content (AvgIpc) is 2.42. The highest BCUT2D eigenvalue weighted by molar-refractivity contribution is 9.10. The monoisotopic (exact) mass is 309 g/mol. The van der Waals surface area contributed by atoms with Crippen LogP contribution in [-0.4, -0.2) is 17.2 Å². The highest BCUT2D eigenvalue weighted by Gasteiger charge is 2.05. The van der Waals surface area contributed by atoms with E-state index in [1.54, 1.807) is 31.5 Å². The Labute approximate surface area is 113 Å². The molecule has 1 aromatic heterocycles. The van der Waals surface area contributed by atoms with Gasteiger partial charge in [-0.25, -0.2) is 4.98 Å². The van der Waals surface area contributed by atoms with E-state index in [0.717, 1.165) is 15.8 Å². The Hall–Kier alpha value is -1.59. The second-order valence-corrected chi connectivity index (χ2v) is 4.42. The average molecular weight is 310 g/mol. The number of nitrogens with zero attached hydrogens (tertiary/aromatic N) is 1. The molecule has 1 N–H and O–H groups in total. The molecule has 2 aromatic rings. The van der Waals surface area contributed by atoms with Crippen LogP contribution in [0.25, 0.3) is 0 Å². The minimum atomic E-state index is -0.0283. The van der Waals surface area contributed by atoms with Crippen molar-refractivity contribution in [3.63, 3.8) is 0 Å². The SMILES string of the molecule is COc1ccc(Oc2ccc(CO)cn2)c(Br)c1. The first kappa shape index (κ1) is 12.9. The lowest BCUT2D eigenvalue weighted by Gasteiger charge is -2.08. The van der Waals surface area contributed by atoms with Crippen LogP contribution in [0.15, 0.2) is 41.0 Å². The fourth-order valence-electron chi connectivity index (χ4n) is 1.37. The van der Waals surface area contributed by atoms with Crippen molar-refractivity contribution >= 4 is 15.9 Å². The number of hydrogen-bond acceptors (Lipinski definition) is 4. The third-order valence-electron chi connectivity index (χ3n) is 2.33. The molecule has 94 valence electrons. The number of aromatic nitrogens is 1. The number of ether oxygens (including phenoxy) is 2. The summed E-state index contributed by atoms with van der Waals surface area (Å²) in [5.74, 6) is 1.87. The van der Waals surface area contributed by atoms with Crippen molar-refractivity contribution in [1.82, 2.24) is 4.98 Å². The first-order valence-electron chi connectivity index (χ1n) is 5.30. The molecule has 1 heterocycles. The van der Waals surface area contributed by atoms with E-state index in [-0.39, 0.29) is 6.61 Å². The molecule has 1 aromatic carbocycles. The summed E-state index contributed by atoms with van der Waals surface area (Å²) in [7, 11) is 1.61. The molecule has 0 radical (unpaired) electrons. The molecule has 5 heteroatoms. The topological polar surface area (TPSA) is 51.6 Å². The lowest BCUT2D eigenvalue weighted by atomic mass is 10.3. The van der Waals surface area contributed by atoms with Crippen molar-refractivity contribution in [2.45, 2.75) is 6.61 Å². The van der Waals surface area contributed by atoms with Crippen LogP contribution in [-0.2, 0) is 6.61 Å². The fourth-order valence-corrected chi connectivity index (χ4v) is 1.81. The largest absolute Gasteiger partial charge is 0.497 e. The number of aliphatic hydroxyl groups is 1. The molecule has 2 rings (SSSR count). The van der Waals surface area contributed by atoms with Gasteiger partial charge in [-0.15, -0.1) is 0 Å². The quantitative estimate of drug-likeness (QED) is 0.942. The molecule has 0 fully saturated rings. The molecule has 18 heavy (non-hydrogen) atoms. The number of methoxy groups -OCH3 is 1. The van der Waals surface area contributed by atoms with Crippen LogP contribution in [0.1, 0.15) is 5.56 Å². The van der Waals surface area contributed by atoms with Gasteiger partial charge in [-0.3, -0.25) is 0 Å². The van der Waals surface area contributed by atoms with Gasteiger partial charge in [0.05, 0.1) is 18.2 Å². The van der Waals surface area contributed by atoms with Gasteiger partial charge in [-0.05, 0) is 45.8 Å². The zero-order valence-electron chi connectivity index (χ0n) is 9.76. The molecular weight excluding hydrogens is 298 g/mol. The number of benzene rings is 1. The van der Waals surface area contributed by atoms with Gasteiger partial charge in [-0.1, -0.05) is 0 Å². The van der Waals surface area contributed by atoms with Crippen molar-refractivity contribution in [2.75, 3.05) is 7.11 Å². The van der Waals surface area contributed by atoms with Crippen LogP contribution >= 0.6 is 15.9 Å². The molecule has 0 saturated carbocycles. The highest BCUT2D eigenvalue weighted by Crippen LogP contribution is 2.31. The second-order valence-electron chi connectivity index (χ2n) is 3.56. The van der Waals surface area contributed by atoms with Crippen LogP contribution in [0, 0.1) is 0 Å². The smallest absolute Gasteiger partial charge is 0.219 e. The lowest BCUT2D eigenvalue weighted by Crippen LogP contribution is -1.91. The Kier molecular flexibility index (Phi) is 4.17. The van der Waals surface area contributed by atoms with Crippen molar-refractivity contribution in [2.24, 2.45) is 0 Å². The summed E-state index contributed by atoms with van der Waals surface area (Å²) < 4.78 is 11.5. The predicted octanol–water partition coefficient (Wildman–Crippen LogP) is 3.14. The minimum Gasteiger partial charge on any atom is -0.497 e. The molecule has 0 atom stereocenters. The summed E-state index contributed by atoms with van der Waals surface area (Å²) >= 11 is 3.40. The fraction of sp³-hybridized carbons (Fsp3) is 0.154. The summed E-state index contributed by atoms with van der Waals surface area (Å²) in [6.45, 7) is -0.0283. The van der Waals surface area contributed by atoms with E-state index >= 15 is 0 Å². The van der Waals surface area contributed by atoms with Crippen LogP contribution in [0.2, 0.25) is 0 Å². The van der Waals surface area contributed by atoms with E-state index in [0.29, 0.717) is 11.6 Å². The molecular formula is C13H12BrNO3. The van der Waals surface area contributed by atoms with Crippen LogP contribution < -0.4 is 9.47 Å². The van der Waals surface area contributed by atoms with E-state index in [9.17, 15) is 0 Å². The van der Waals surface area contributed by atoms with E-state index < -0.39 is 0 Å². The Morgan fingerprint density at radius 1 is 1.28 bits per heavy atom. The van der Waals surface area contributed by atoms with E-state index in [4.69, 9.17) is 14.6 Å². The summed E-state index contributed by atoms with van der Waals surface area (Å²) in [5, 5.41) is 8.92. The maximum Gasteiger partial charge on any atom is 0.219 e.